The van der Waals surface area contributed by atoms with E-state index in [1.54, 1.807) is 13.3 Å². The van der Waals surface area contributed by atoms with E-state index in [9.17, 15) is 4.79 Å². The lowest BCUT2D eigenvalue weighted by Gasteiger charge is -2.34. The topological polar surface area (TPSA) is 71.5 Å². The number of aromatic nitrogens is 1. The highest BCUT2D eigenvalue weighted by molar-refractivity contribution is 5.72. The van der Waals surface area contributed by atoms with Gasteiger partial charge in [-0.1, -0.05) is 0 Å². The zero-order chi connectivity index (χ0) is 12.3. The van der Waals surface area contributed by atoms with Crippen molar-refractivity contribution in [2.75, 3.05) is 7.11 Å². The number of ether oxygens (including phenoxy) is 1. The Labute approximate surface area is 99.8 Å². The van der Waals surface area contributed by atoms with E-state index in [1.807, 2.05) is 12.1 Å². The van der Waals surface area contributed by atoms with Crippen LogP contribution in [0.25, 0.3) is 0 Å². The summed E-state index contributed by atoms with van der Waals surface area (Å²) in [5.74, 6) is -0.368. The molecular formula is C12H16N2O3. The van der Waals surface area contributed by atoms with E-state index in [4.69, 9.17) is 9.84 Å². The van der Waals surface area contributed by atoms with E-state index in [1.165, 1.54) is 0 Å². The van der Waals surface area contributed by atoms with Gasteiger partial charge in [-0.3, -0.25) is 4.79 Å². The van der Waals surface area contributed by atoms with Crippen molar-refractivity contribution >= 4 is 5.97 Å². The highest BCUT2D eigenvalue weighted by atomic mass is 16.5. The molecule has 1 fully saturated rings. The predicted molar refractivity (Wildman–Crippen MR) is 61.8 cm³/mol. The summed E-state index contributed by atoms with van der Waals surface area (Å²) in [6.45, 7) is 0.646. The van der Waals surface area contributed by atoms with E-state index < -0.39 is 5.97 Å². The number of aliphatic carboxylic acids is 1. The van der Waals surface area contributed by atoms with Crippen LogP contribution in [0.5, 0.6) is 5.88 Å². The van der Waals surface area contributed by atoms with Gasteiger partial charge in [0.1, 0.15) is 0 Å². The fourth-order valence-electron chi connectivity index (χ4n) is 1.96. The van der Waals surface area contributed by atoms with Crippen molar-refractivity contribution in [1.82, 2.24) is 10.3 Å². The summed E-state index contributed by atoms with van der Waals surface area (Å²) in [6, 6.07) is 3.83. The van der Waals surface area contributed by atoms with E-state index in [-0.39, 0.29) is 12.0 Å². The molecule has 0 aliphatic heterocycles. The number of carbonyl (C=O) groups is 1. The smallest absolute Gasteiger partial charge is 0.308 e. The van der Waals surface area contributed by atoms with Crippen molar-refractivity contribution in [3.63, 3.8) is 0 Å². The Kier molecular flexibility index (Phi) is 3.58. The summed E-state index contributed by atoms with van der Waals surface area (Å²) in [5, 5.41) is 12.2. The van der Waals surface area contributed by atoms with Crippen molar-refractivity contribution in [2.24, 2.45) is 5.92 Å². The first-order valence-electron chi connectivity index (χ1n) is 5.66. The second-order valence-electron chi connectivity index (χ2n) is 4.22. The zero-order valence-corrected chi connectivity index (χ0v) is 9.72. The molecule has 2 rings (SSSR count). The van der Waals surface area contributed by atoms with Gasteiger partial charge < -0.3 is 15.2 Å². The first kappa shape index (κ1) is 11.9. The summed E-state index contributed by atoms with van der Waals surface area (Å²) in [5.41, 5.74) is 1.05. The number of rotatable bonds is 5. The number of carboxylic acids is 1. The van der Waals surface area contributed by atoms with Crippen LogP contribution in [-0.4, -0.2) is 29.2 Å². The number of hydrogen-bond donors (Lipinski definition) is 2. The van der Waals surface area contributed by atoms with Crippen LogP contribution in [0, 0.1) is 5.92 Å². The summed E-state index contributed by atoms with van der Waals surface area (Å²) in [7, 11) is 1.58. The number of carboxylic acid groups (broad SMARTS) is 1. The Hall–Kier alpha value is -1.62. The molecule has 1 aromatic rings. The third-order valence-electron chi connectivity index (χ3n) is 3.17. The highest BCUT2D eigenvalue weighted by Gasteiger charge is 2.35. The van der Waals surface area contributed by atoms with Gasteiger partial charge in [0.2, 0.25) is 5.88 Å². The van der Waals surface area contributed by atoms with Crippen LogP contribution in [0.4, 0.5) is 0 Å². The van der Waals surface area contributed by atoms with Gasteiger partial charge in [0.25, 0.3) is 0 Å². The molecule has 0 radical (unpaired) electrons. The molecule has 2 unspecified atom stereocenters. The number of methoxy groups -OCH3 is 1. The minimum atomic E-state index is -0.707. The third-order valence-corrected chi connectivity index (χ3v) is 3.17. The van der Waals surface area contributed by atoms with Crippen LogP contribution in [-0.2, 0) is 11.3 Å². The monoisotopic (exact) mass is 236 g/mol. The molecule has 1 heterocycles. The average molecular weight is 236 g/mol. The molecule has 0 aromatic carbocycles. The molecular weight excluding hydrogens is 220 g/mol. The quantitative estimate of drug-likeness (QED) is 0.799. The van der Waals surface area contributed by atoms with Crippen molar-refractivity contribution in [3.05, 3.63) is 23.9 Å². The van der Waals surface area contributed by atoms with E-state index in [0.717, 1.165) is 18.4 Å². The molecule has 5 nitrogen and oxygen atoms in total. The number of hydrogen-bond acceptors (Lipinski definition) is 4. The van der Waals surface area contributed by atoms with Gasteiger partial charge in [0, 0.05) is 24.8 Å². The highest BCUT2D eigenvalue weighted by Crippen LogP contribution is 2.27. The lowest BCUT2D eigenvalue weighted by atomic mass is 9.79. The molecule has 5 heteroatoms. The maximum atomic E-state index is 10.8. The Morgan fingerprint density at radius 2 is 2.47 bits per heavy atom. The maximum Gasteiger partial charge on any atom is 0.308 e. The first-order valence-corrected chi connectivity index (χ1v) is 5.66. The minimum absolute atomic E-state index is 0.0895. The Bertz CT molecular complexity index is 408. The molecule has 0 amide bonds. The molecule has 2 atom stereocenters. The number of nitrogens with one attached hydrogen (secondary N) is 1. The fraction of sp³-hybridized carbons (Fsp3) is 0.500. The number of pyridine rings is 1. The standard InChI is InChI=1S/C12H16N2O3/c1-17-11-6-8(4-5-13-11)7-14-10-3-2-9(10)12(15)16/h4-6,9-10,14H,2-3,7H2,1H3,(H,15,16). The largest absolute Gasteiger partial charge is 0.481 e. The van der Waals surface area contributed by atoms with Crippen LogP contribution in [0.1, 0.15) is 18.4 Å². The van der Waals surface area contributed by atoms with Gasteiger partial charge in [-0.25, -0.2) is 4.98 Å². The van der Waals surface area contributed by atoms with E-state index >= 15 is 0 Å². The second kappa shape index (κ2) is 5.14. The normalized spacial score (nSPS) is 22.9. The summed E-state index contributed by atoms with van der Waals surface area (Å²) in [4.78, 5) is 14.9. The van der Waals surface area contributed by atoms with Crippen molar-refractivity contribution < 1.29 is 14.6 Å². The van der Waals surface area contributed by atoms with Crippen LogP contribution < -0.4 is 10.1 Å². The maximum absolute atomic E-state index is 10.8. The molecule has 0 spiro atoms. The Balaban J connectivity index is 1.87. The third kappa shape index (κ3) is 2.74. The second-order valence-corrected chi connectivity index (χ2v) is 4.22. The molecule has 0 bridgehead atoms. The molecule has 1 saturated carbocycles. The van der Waals surface area contributed by atoms with Gasteiger partial charge in [-0.15, -0.1) is 0 Å². The Morgan fingerprint density at radius 3 is 3.06 bits per heavy atom. The van der Waals surface area contributed by atoms with Crippen LogP contribution in [0.3, 0.4) is 0 Å². The van der Waals surface area contributed by atoms with E-state index in [2.05, 4.69) is 10.3 Å². The van der Waals surface area contributed by atoms with Crippen LogP contribution in [0.2, 0.25) is 0 Å². The SMILES string of the molecule is COc1cc(CNC2CCC2C(=O)O)ccn1. The fourth-order valence-corrected chi connectivity index (χ4v) is 1.96. The van der Waals surface area contributed by atoms with Crippen LogP contribution in [0.15, 0.2) is 18.3 Å². The molecule has 17 heavy (non-hydrogen) atoms. The molecule has 1 aliphatic carbocycles. The van der Waals surface area contributed by atoms with E-state index in [0.29, 0.717) is 12.4 Å². The molecule has 1 aliphatic rings. The van der Waals surface area contributed by atoms with Gasteiger partial charge in [0.15, 0.2) is 0 Å². The van der Waals surface area contributed by atoms with Crippen molar-refractivity contribution in [1.29, 1.82) is 0 Å². The van der Waals surface area contributed by atoms with Gasteiger partial charge in [-0.2, -0.15) is 0 Å². The Morgan fingerprint density at radius 1 is 1.65 bits per heavy atom. The lowest BCUT2D eigenvalue weighted by molar-refractivity contribution is -0.146. The van der Waals surface area contributed by atoms with Gasteiger partial charge in [0.05, 0.1) is 13.0 Å². The van der Waals surface area contributed by atoms with Crippen molar-refractivity contribution in [2.45, 2.75) is 25.4 Å². The summed E-state index contributed by atoms with van der Waals surface area (Å²) in [6.07, 6.45) is 3.39. The molecule has 92 valence electrons. The minimum Gasteiger partial charge on any atom is -0.481 e. The van der Waals surface area contributed by atoms with Gasteiger partial charge in [-0.05, 0) is 24.5 Å². The summed E-state index contributed by atoms with van der Waals surface area (Å²) >= 11 is 0. The summed E-state index contributed by atoms with van der Waals surface area (Å²) < 4.78 is 5.03. The van der Waals surface area contributed by atoms with Crippen LogP contribution >= 0.6 is 0 Å². The van der Waals surface area contributed by atoms with Gasteiger partial charge >= 0.3 is 5.97 Å². The molecule has 2 N–H and O–H groups in total. The average Bonchev–Trinajstić information content (AvgIpc) is 2.27. The zero-order valence-electron chi connectivity index (χ0n) is 9.72. The first-order chi connectivity index (χ1) is 8.20. The predicted octanol–water partition coefficient (Wildman–Crippen LogP) is 1.04. The van der Waals surface area contributed by atoms with Crippen molar-refractivity contribution in [3.8, 4) is 5.88 Å². The lowest BCUT2D eigenvalue weighted by Crippen LogP contribution is -2.47. The molecule has 1 aromatic heterocycles. The number of nitrogens with zero attached hydrogens (tertiary/aromatic N) is 1. The molecule has 0 saturated heterocycles.